The minimum atomic E-state index is -0.675. The molecule has 5 nitrogen and oxygen atoms in total. The summed E-state index contributed by atoms with van der Waals surface area (Å²) in [5.74, 6) is -1.01. The molecule has 154 valence electrons. The molecule has 0 unspecified atom stereocenters. The zero-order valence-corrected chi connectivity index (χ0v) is 16.9. The Morgan fingerprint density at radius 2 is 1.60 bits per heavy atom. The Balaban J connectivity index is 1.75. The van der Waals surface area contributed by atoms with Crippen molar-refractivity contribution in [3.63, 3.8) is 0 Å². The highest BCUT2D eigenvalue weighted by Crippen LogP contribution is 2.22. The van der Waals surface area contributed by atoms with Gasteiger partial charge in [-0.15, -0.1) is 0 Å². The normalized spacial score (nSPS) is 11.7. The number of anilines is 2. The summed E-state index contributed by atoms with van der Waals surface area (Å²) in [7, 11) is 1.71. The molecule has 3 rings (SSSR count). The van der Waals surface area contributed by atoms with Gasteiger partial charge in [-0.2, -0.15) is 0 Å². The largest absolute Gasteiger partial charge is 0.325 e. The standard InChI is InChI=1S/C24H24FN3O2/c1-17-11-13-20(14-12-17)27-24(30)23(18-7-4-3-5-8-18)28(2)16-22(29)26-21-10-6-9-19(25)15-21/h3-15,23H,16H2,1-2H3,(H,26,29)(H,27,30)/t23-/m0/s1. The second-order valence-electron chi connectivity index (χ2n) is 7.14. The van der Waals surface area contributed by atoms with Gasteiger partial charge in [0.1, 0.15) is 11.9 Å². The first-order valence-corrected chi connectivity index (χ1v) is 9.60. The van der Waals surface area contributed by atoms with E-state index in [9.17, 15) is 14.0 Å². The molecule has 3 aromatic rings. The molecule has 0 fully saturated rings. The van der Waals surface area contributed by atoms with Crippen LogP contribution in [0.25, 0.3) is 0 Å². The zero-order chi connectivity index (χ0) is 21.5. The van der Waals surface area contributed by atoms with Crippen LogP contribution in [0.3, 0.4) is 0 Å². The summed E-state index contributed by atoms with van der Waals surface area (Å²) < 4.78 is 13.4. The third-order valence-corrected chi connectivity index (χ3v) is 4.62. The maximum absolute atomic E-state index is 13.4. The van der Waals surface area contributed by atoms with E-state index in [1.54, 1.807) is 18.0 Å². The number of amides is 2. The number of benzene rings is 3. The first-order valence-electron chi connectivity index (χ1n) is 9.60. The van der Waals surface area contributed by atoms with E-state index in [1.807, 2.05) is 61.5 Å². The van der Waals surface area contributed by atoms with E-state index in [0.29, 0.717) is 11.4 Å². The van der Waals surface area contributed by atoms with Gasteiger partial charge in [-0.25, -0.2) is 4.39 Å². The Bertz CT molecular complexity index is 1010. The number of aryl methyl sites for hydroxylation is 1. The summed E-state index contributed by atoms with van der Waals surface area (Å²) in [4.78, 5) is 27.2. The van der Waals surface area contributed by atoms with Gasteiger partial charge >= 0.3 is 0 Å². The summed E-state index contributed by atoms with van der Waals surface area (Å²) >= 11 is 0. The zero-order valence-electron chi connectivity index (χ0n) is 16.9. The Kier molecular flexibility index (Phi) is 6.93. The van der Waals surface area contributed by atoms with Gasteiger partial charge < -0.3 is 10.6 Å². The Morgan fingerprint density at radius 3 is 2.27 bits per heavy atom. The summed E-state index contributed by atoms with van der Waals surface area (Å²) in [6.07, 6.45) is 0. The summed E-state index contributed by atoms with van der Waals surface area (Å²) in [5, 5.41) is 5.58. The number of carbonyl (C=O) groups is 2. The Hall–Kier alpha value is -3.51. The molecule has 0 aliphatic rings. The smallest absolute Gasteiger partial charge is 0.246 e. The molecule has 0 radical (unpaired) electrons. The molecule has 0 bridgehead atoms. The second-order valence-corrected chi connectivity index (χ2v) is 7.14. The van der Waals surface area contributed by atoms with Gasteiger partial charge in [0.05, 0.1) is 6.54 Å². The van der Waals surface area contributed by atoms with Crippen molar-refractivity contribution in [2.45, 2.75) is 13.0 Å². The monoisotopic (exact) mass is 405 g/mol. The van der Waals surface area contributed by atoms with Gasteiger partial charge in [-0.1, -0.05) is 54.1 Å². The van der Waals surface area contributed by atoms with Gasteiger partial charge in [0.15, 0.2) is 0 Å². The second kappa shape index (κ2) is 9.80. The van der Waals surface area contributed by atoms with Gasteiger partial charge in [0, 0.05) is 11.4 Å². The molecular formula is C24H24FN3O2. The van der Waals surface area contributed by atoms with Crippen LogP contribution < -0.4 is 10.6 Å². The molecule has 0 saturated carbocycles. The number of halogens is 1. The lowest BCUT2D eigenvalue weighted by Crippen LogP contribution is -2.39. The Morgan fingerprint density at radius 1 is 0.900 bits per heavy atom. The van der Waals surface area contributed by atoms with E-state index in [-0.39, 0.29) is 18.4 Å². The number of carbonyl (C=O) groups excluding carboxylic acids is 2. The molecule has 0 aromatic heterocycles. The van der Waals surface area contributed by atoms with Gasteiger partial charge in [-0.05, 0) is 49.9 Å². The van der Waals surface area contributed by atoms with E-state index < -0.39 is 11.9 Å². The van der Waals surface area contributed by atoms with Crippen molar-refractivity contribution in [3.05, 3.63) is 95.8 Å². The molecule has 2 amide bonds. The first-order chi connectivity index (χ1) is 14.4. The summed E-state index contributed by atoms with van der Waals surface area (Å²) in [6.45, 7) is 1.93. The van der Waals surface area contributed by atoms with Crippen LogP contribution in [0, 0.1) is 12.7 Å². The fourth-order valence-corrected chi connectivity index (χ4v) is 3.17. The molecule has 0 aliphatic carbocycles. The van der Waals surface area contributed by atoms with E-state index in [0.717, 1.165) is 11.1 Å². The van der Waals surface area contributed by atoms with E-state index >= 15 is 0 Å². The third-order valence-electron chi connectivity index (χ3n) is 4.62. The van der Waals surface area contributed by atoms with Crippen LogP contribution in [0.15, 0.2) is 78.9 Å². The minimum Gasteiger partial charge on any atom is -0.325 e. The van der Waals surface area contributed by atoms with E-state index in [4.69, 9.17) is 0 Å². The van der Waals surface area contributed by atoms with Gasteiger partial charge in [0.2, 0.25) is 11.8 Å². The van der Waals surface area contributed by atoms with Crippen LogP contribution in [0.1, 0.15) is 17.2 Å². The topological polar surface area (TPSA) is 61.4 Å². The van der Waals surface area contributed by atoms with Crippen molar-refractivity contribution in [2.75, 3.05) is 24.2 Å². The predicted molar refractivity (Wildman–Crippen MR) is 117 cm³/mol. The lowest BCUT2D eigenvalue weighted by atomic mass is 10.0. The highest BCUT2D eigenvalue weighted by molar-refractivity contribution is 5.97. The predicted octanol–water partition coefficient (Wildman–Crippen LogP) is 4.38. The number of rotatable bonds is 7. The first kappa shape index (κ1) is 21.2. The maximum atomic E-state index is 13.4. The third kappa shape index (κ3) is 5.75. The fraction of sp³-hybridized carbons (Fsp3) is 0.167. The van der Waals surface area contributed by atoms with Crippen LogP contribution in [0.2, 0.25) is 0 Å². The number of hydrogen-bond acceptors (Lipinski definition) is 3. The molecule has 30 heavy (non-hydrogen) atoms. The lowest BCUT2D eigenvalue weighted by Gasteiger charge is -2.27. The number of hydrogen-bond donors (Lipinski definition) is 2. The van der Waals surface area contributed by atoms with Crippen LogP contribution in [-0.2, 0) is 9.59 Å². The molecule has 6 heteroatoms. The highest BCUT2D eigenvalue weighted by Gasteiger charge is 2.26. The molecule has 0 aliphatic heterocycles. The lowest BCUT2D eigenvalue weighted by molar-refractivity contribution is -0.123. The molecule has 1 atom stereocenters. The van der Waals surface area contributed by atoms with Crippen molar-refractivity contribution in [2.24, 2.45) is 0 Å². The summed E-state index contributed by atoms with van der Waals surface area (Å²) in [5.41, 5.74) is 2.92. The van der Waals surface area contributed by atoms with Gasteiger partial charge in [0.25, 0.3) is 0 Å². The molecule has 0 spiro atoms. The number of nitrogens with one attached hydrogen (secondary N) is 2. The average Bonchev–Trinajstić information content (AvgIpc) is 2.70. The van der Waals surface area contributed by atoms with Crippen molar-refractivity contribution in [3.8, 4) is 0 Å². The highest BCUT2D eigenvalue weighted by atomic mass is 19.1. The molecule has 3 aromatic carbocycles. The SMILES string of the molecule is Cc1ccc(NC(=O)[C@H](c2ccccc2)N(C)CC(=O)Nc2cccc(F)c2)cc1. The molecule has 0 saturated heterocycles. The molecular weight excluding hydrogens is 381 g/mol. The minimum absolute atomic E-state index is 0.0443. The Labute approximate surface area is 175 Å². The fourth-order valence-electron chi connectivity index (χ4n) is 3.17. The number of likely N-dealkylation sites (N-methyl/N-ethyl adjacent to an activating group) is 1. The number of nitrogens with zero attached hydrogens (tertiary/aromatic N) is 1. The van der Waals surface area contributed by atoms with E-state index in [2.05, 4.69) is 10.6 Å². The van der Waals surface area contributed by atoms with Crippen LogP contribution in [0.5, 0.6) is 0 Å². The van der Waals surface area contributed by atoms with Crippen LogP contribution >= 0.6 is 0 Å². The van der Waals surface area contributed by atoms with Crippen molar-refractivity contribution in [1.82, 2.24) is 4.90 Å². The van der Waals surface area contributed by atoms with Crippen molar-refractivity contribution < 1.29 is 14.0 Å². The molecule has 2 N–H and O–H groups in total. The van der Waals surface area contributed by atoms with Gasteiger partial charge in [-0.3, -0.25) is 14.5 Å². The van der Waals surface area contributed by atoms with Crippen LogP contribution in [-0.4, -0.2) is 30.3 Å². The van der Waals surface area contributed by atoms with Crippen molar-refractivity contribution >= 4 is 23.2 Å². The molecule has 0 heterocycles. The summed E-state index contributed by atoms with van der Waals surface area (Å²) in [6, 6.07) is 21.8. The van der Waals surface area contributed by atoms with E-state index in [1.165, 1.54) is 18.2 Å². The van der Waals surface area contributed by atoms with Crippen LogP contribution in [0.4, 0.5) is 15.8 Å². The average molecular weight is 405 g/mol. The van der Waals surface area contributed by atoms with Crippen molar-refractivity contribution in [1.29, 1.82) is 0 Å². The maximum Gasteiger partial charge on any atom is 0.246 e. The quantitative estimate of drug-likeness (QED) is 0.613.